The van der Waals surface area contributed by atoms with E-state index in [-0.39, 0.29) is 6.04 Å². The van der Waals surface area contributed by atoms with E-state index in [9.17, 15) is 0 Å². The summed E-state index contributed by atoms with van der Waals surface area (Å²) in [6, 6.07) is 6.18. The highest BCUT2D eigenvalue weighted by Crippen LogP contribution is 2.28. The number of hydrogen-bond donors (Lipinski definition) is 1. The van der Waals surface area contributed by atoms with Crippen molar-refractivity contribution in [3.63, 3.8) is 0 Å². The van der Waals surface area contributed by atoms with Crippen LogP contribution in [0.3, 0.4) is 0 Å². The van der Waals surface area contributed by atoms with Crippen LogP contribution in [0.4, 0.5) is 0 Å². The minimum atomic E-state index is 0.126. The summed E-state index contributed by atoms with van der Waals surface area (Å²) in [5, 5.41) is 3.50. The molecule has 0 radical (unpaired) electrons. The van der Waals surface area contributed by atoms with Gasteiger partial charge in [0.2, 0.25) is 0 Å². The second-order valence-corrected chi connectivity index (χ2v) is 6.65. The van der Waals surface area contributed by atoms with Crippen LogP contribution in [0.2, 0.25) is 0 Å². The first kappa shape index (κ1) is 19.2. The third kappa shape index (κ3) is 5.71. The van der Waals surface area contributed by atoms with Gasteiger partial charge in [0.05, 0.1) is 25.1 Å². The van der Waals surface area contributed by atoms with E-state index in [0.717, 1.165) is 41.4 Å². The normalized spacial score (nSPS) is 12.2. The first-order chi connectivity index (χ1) is 12.0. The van der Waals surface area contributed by atoms with Gasteiger partial charge in [0.15, 0.2) is 11.5 Å². The maximum absolute atomic E-state index is 5.91. The van der Waals surface area contributed by atoms with Crippen molar-refractivity contribution in [1.82, 2.24) is 15.3 Å². The predicted octanol–water partition coefficient (Wildman–Crippen LogP) is 4.07. The largest absolute Gasteiger partial charge is 0.493 e. The van der Waals surface area contributed by atoms with Crippen molar-refractivity contribution in [3.05, 3.63) is 47.5 Å². The van der Waals surface area contributed by atoms with Crippen molar-refractivity contribution < 1.29 is 9.47 Å². The third-order valence-electron chi connectivity index (χ3n) is 4.12. The number of aromatic nitrogens is 2. The Morgan fingerprint density at radius 2 is 1.84 bits per heavy atom. The molecule has 1 atom stereocenters. The zero-order valence-electron chi connectivity index (χ0n) is 15.9. The number of nitrogens with one attached hydrogen (secondary N) is 1. The van der Waals surface area contributed by atoms with E-state index in [1.54, 1.807) is 19.5 Å². The summed E-state index contributed by atoms with van der Waals surface area (Å²) in [7, 11) is 1.67. The molecule has 0 aliphatic rings. The molecular formula is C20H29N3O2. The van der Waals surface area contributed by atoms with E-state index in [0.29, 0.717) is 12.5 Å². The Morgan fingerprint density at radius 3 is 2.52 bits per heavy atom. The van der Waals surface area contributed by atoms with Crippen molar-refractivity contribution in [2.75, 3.05) is 13.7 Å². The van der Waals surface area contributed by atoms with Crippen LogP contribution >= 0.6 is 0 Å². The van der Waals surface area contributed by atoms with Crippen LogP contribution in [-0.4, -0.2) is 23.7 Å². The lowest BCUT2D eigenvalue weighted by Gasteiger charge is -2.16. The van der Waals surface area contributed by atoms with Crippen LogP contribution in [-0.2, 0) is 6.54 Å². The summed E-state index contributed by atoms with van der Waals surface area (Å²) in [5.41, 5.74) is 3.08. The van der Waals surface area contributed by atoms with Crippen molar-refractivity contribution in [1.29, 1.82) is 0 Å². The summed E-state index contributed by atoms with van der Waals surface area (Å²) < 4.78 is 11.3. The molecule has 0 fully saturated rings. The molecule has 2 rings (SSSR count). The molecule has 1 unspecified atom stereocenters. The highest BCUT2D eigenvalue weighted by atomic mass is 16.5. The van der Waals surface area contributed by atoms with Gasteiger partial charge in [-0.3, -0.25) is 9.97 Å². The fourth-order valence-corrected chi connectivity index (χ4v) is 2.56. The first-order valence-corrected chi connectivity index (χ1v) is 8.81. The molecule has 5 nitrogen and oxygen atoms in total. The molecule has 1 aromatic carbocycles. The molecule has 0 saturated carbocycles. The van der Waals surface area contributed by atoms with E-state index in [1.165, 1.54) is 0 Å². The molecule has 0 bridgehead atoms. The van der Waals surface area contributed by atoms with Gasteiger partial charge in [-0.05, 0) is 43.9 Å². The highest BCUT2D eigenvalue weighted by molar-refractivity contribution is 5.43. The Kier molecular flexibility index (Phi) is 7.19. The fourth-order valence-electron chi connectivity index (χ4n) is 2.56. The summed E-state index contributed by atoms with van der Waals surface area (Å²) in [5.74, 6) is 2.18. The van der Waals surface area contributed by atoms with E-state index in [4.69, 9.17) is 9.47 Å². The predicted molar refractivity (Wildman–Crippen MR) is 100.0 cm³/mol. The van der Waals surface area contributed by atoms with Gasteiger partial charge in [-0.25, -0.2) is 0 Å². The van der Waals surface area contributed by atoms with Crippen molar-refractivity contribution in [3.8, 4) is 11.5 Å². The van der Waals surface area contributed by atoms with Gasteiger partial charge in [-0.2, -0.15) is 0 Å². The Balaban J connectivity index is 2.00. The number of methoxy groups -OCH3 is 1. The lowest BCUT2D eigenvalue weighted by atomic mass is 10.1. The second-order valence-electron chi connectivity index (χ2n) is 6.65. The molecule has 0 aliphatic heterocycles. The van der Waals surface area contributed by atoms with E-state index < -0.39 is 0 Å². The lowest BCUT2D eigenvalue weighted by Crippen LogP contribution is -2.20. The summed E-state index contributed by atoms with van der Waals surface area (Å²) in [6.07, 6.45) is 4.47. The van der Waals surface area contributed by atoms with Gasteiger partial charge in [0.25, 0.3) is 0 Å². The Bertz CT molecular complexity index is 674. The standard InChI is InChI=1S/C20H29N3O2/c1-14(2)8-11-25-19-12-17(6-7-18(19)24-5)13-23-16(4)20-15(3)21-9-10-22-20/h6-7,9-10,12,14,16,23H,8,11,13H2,1-5H3. The van der Waals surface area contributed by atoms with Gasteiger partial charge in [0.1, 0.15) is 0 Å². The maximum atomic E-state index is 5.91. The van der Waals surface area contributed by atoms with Crippen molar-refractivity contribution >= 4 is 0 Å². The van der Waals surface area contributed by atoms with Crippen molar-refractivity contribution in [2.45, 2.75) is 46.7 Å². The average molecular weight is 343 g/mol. The molecule has 2 aromatic rings. The molecule has 1 heterocycles. The summed E-state index contributed by atoms with van der Waals surface area (Å²) in [6.45, 7) is 9.88. The topological polar surface area (TPSA) is 56.3 Å². The van der Waals surface area contributed by atoms with Gasteiger partial charge >= 0.3 is 0 Å². The minimum absolute atomic E-state index is 0.126. The fraction of sp³-hybridized carbons (Fsp3) is 0.500. The van der Waals surface area contributed by atoms with Gasteiger partial charge in [-0.15, -0.1) is 0 Å². The number of benzene rings is 1. The third-order valence-corrected chi connectivity index (χ3v) is 4.12. The van der Waals surface area contributed by atoms with E-state index in [1.807, 2.05) is 19.1 Å². The molecule has 1 N–H and O–H groups in total. The van der Waals surface area contributed by atoms with Crippen LogP contribution in [0.15, 0.2) is 30.6 Å². The smallest absolute Gasteiger partial charge is 0.161 e. The van der Waals surface area contributed by atoms with Crippen LogP contribution in [0.25, 0.3) is 0 Å². The van der Waals surface area contributed by atoms with Crippen LogP contribution in [0, 0.1) is 12.8 Å². The second kappa shape index (κ2) is 9.37. The Labute approximate surface area is 150 Å². The minimum Gasteiger partial charge on any atom is -0.493 e. The highest BCUT2D eigenvalue weighted by Gasteiger charge is 2.11. The molecule has 5 heteroatoms. The molecule has 25 heavy (non-hydrogen) atoms. The number of aryl methyl sites for hydroxylation is 1. The maximum Gasteiger partial charge on any atom is 0.161 e. The SMILES string of the molecule is COc1ccc(CNC(C)c2nccnc2C)cc1OCCC(C)C. The number of nitrogens with zero attached hydrogens (tertiary/aromatic N) is 2. The van der Waals surface area contributed by atoms with Crippen LogP contribution in [0.1, 0.15) is 50.2 Å². The summed E-state index contributed by atoms with van der Waals surface area (Å²) >= 11 is 0. The number of hydrogen-bond acceptors (Lipinski definition) is 5. The number of ether oxygens (including phenoxy) is 2. The monoisotopic (exact) mass is 343 g/mol. The zero-order chi connectivity index (χ0) is 18.2. The molecular weight excluding hydrogens is 314 g/mol. The molecule has 0 saturated heterocycles. The average Bonchev–Trinajstić information content (AvgIpc) is 2.60. The molecule has 136 valence electrons. The summed E-state index contributed by atoms with van der Waals surface area (Å²) in [4.78, 5) is 8.72. The number of rotatable bonds is 9. The van der Waals surface area contributed by atoms with Crippen molar-refractivity contribution in [2.24, 2.45) is 5.92 Å². The first-order valence-electron chi connectivity index (χ1n) is 8.81. The van der Waals surface area contributed by atoms with Gasteiger partial charge in [0, 0.05) is 25.0 Å². The zero-order valence-corrected chi connectivity index (χ0v) is 15.9. The Hall–Kier alpha value is -2.14. The van der Waals surface area contributed by atoms with Crippen LogP contribution < -0.4 is 14.8 Å². The van der Waals surface area contributed by atoms with E-state index in [2.05, 4.69) is 42.1 Å². The van der Waals surface area contributed by atoms with Gasteiger partial charge < -0.3 is 14.8 Å². The van der Waals surface area contributed by atoms with E-state index >= 15 is 0 Å². The molecule has 0 aliphatic carbocycles. The van der Waals surface area contributed by atoms with Crippen LogP contribution in [0.5, 0.6) is 11.5 Å². The lowest BCUT2D eigenvalue weighted by molar-refractivity contribution is 0.272. The van der Waals surface area contributed by atoms with Gasteiger partial charge in [-0.1, -0.05) is 19.9 Å². The molecule has 0 amide bonds. The molecule has 1 aromatic heterocycles. The Morgan fingerprint density at radius 1 is 1.08 bits per heavy atom. The quantitative estimate of drug-likeness (QED) is 0.744. The molecule has 0 spiro atoms.